The number of aromatic nitrogens is 3. The zero-order valence-electron chi connectivity index (χ0n) is 15.0. The van der Waals surface area contributed by atoms with E-state index in [9.17, 15) is 14.0 Å². The lowest BCUT2D eigenvalue weighted by molar-refractivity contribution is -0.123. The van der Waals surface area contributed by atoms with E-state index in [1.165, 1.54) is 23.0 Å². The van der Waals surface area contributed by atoms with Gasteiger partial charge < -0.3 is 5.32 Å². The smallest absolute Gasteiger partial charge is 0.220 e. The molecule has 1 saturated heterocycles. The molecule has 1 atom stereocenters. The van der Waals surface area contributed by atoms with Gasteiger partial charge in [-0.25, -0.2) is 14.1 Å². The number of amides is 1. The number of Topliss-reactive ketones (excluding diaryl/α,β-unsaturated/α-hetero) is 1. The minimum Gasteiger partial charge on any atom is -0.356 e. The number of carbonyl (C=O) groups excluding carboxylic acids is 2. The van der Waals surface area contributed by atoms with Crippen LogP contribution in [0.25, 0.3) is 16.9 Å². The Morgan fingerprint density at radius 2 is 2.03 bits per heavy atom. The summed E-state index contributed by atoms with van der Waals surface area (Å²) in [7, 11) is 0. The molecule has 1 aromatic carbocycles. The van der Waals surface area contributed by atoms with Crippen LogP contribution in [0.2, 0.25) is 10.2 Å². The van der Waals surface area contributed by atoms with Crippen molar-refractivity contribution in [3.8, 4) is 16.9 Å². The van der Waals surface area contributed by atoms with Gasteiger partial charge in [0, 0.05) is 29.5 Å². The van der Waals surface area contributed by atoms with Crippen molar-refractivity contribution in [2.24, 2.45) is 5.92 Å². The Morgan fingerprint density at radius 1 is 1.21 bits per heavy atom. The van der Waals surface area contributed by atoms with Gasteiger partial charge in [-0.15, -0.1) is 0 Å². The van der Waals surface area contributed by atoms with E-state index in [4.69, 9.17) is 23.2 Å². The number of nitrogens with one attached hydrogen (secondary N) is 1. The number of benzene rings is 1. The fourth-order valence-electron chi connectivity index (χ4n) is 3.32. The van der Waals surface area contributed by atoms with E-state index in [2.05, 4.69) is 15.4 Å². The molecule has 29 heavy (non-hydrogen) atoms. The van der Waals surface area contributed by atoms with Gasteiger partial charge in [-0.3, -0.25) is 9.59 Å². The lowest BCUT2D eigenvalue weighted by Crippen LogP contribution is -2.36. The van der Waals surface area contributed by atoms with Crippen molar-refractivity contribution in [3.63, 3.8) is 0 Å². The summed E-state index contributed by atoms with van der Waals surface area (Å²) in [6.45, 7) is 0.448. The van der Waals surface area contributed by atoms with E-state index in [0.717, 1.165) is 0 Å². The molecule has 9 heteroatoms. The molecular weight excluding hydrogens is 418 g/mol. The molecule has 3 aromatic rings. The van der Waals surface area contributed by atoms with Gasteiger partial charge in [0.1, 0.15) is 16.7 Å². The molecule has 0 radical (unpaired) electrons. The van der Waals surface area contributed by atoms with Gasteiger partial charge in [0.2, 0.25) is 5.91 Å². The second-order valence-corrected chi connectivity index (χ2v) is 7.55. The normalized spacial score (nSPS) is 16.5. The lowest BCUT2D eigenvalue weighted by atomic mass is 9.91. The number of carbonyl (C=O) groups is 2. The third kappa shape index (κ3) is 4.16. The highest BCUT2D eigenvalue weighted by Crippen LogP contribution is 2.29. The molecule has 148 valence electrons. The highest BCUT2D eigenvalue weighted by molar-refractivity contribution is 6.30. The van der Waals surface area contributed by atoms with E-state index >= 15 is 0 Å². The summed E-state index contributed by atoms with van der Waals surface area (Å²) in [6.07, 6.45) is 2.17. The third-order valence-corrected chi connectivity index (χ3v) is 5.14. The predicted molar refractivity (Wildman–Crippen MR) is 107 cm³/mol. The molecule has 1 amide bonds. The highest BCUT2D eigenvalue weighted by Gasteiger charge is 2.29. The second-order valence-electron chi connectivity index (χ2n) is 6.73. The van der Waals surface area contributed by atoms with Crippen molar-refractivity contribution >= 4 is 34.9 Å². The van der Waals surface area contributed by atoms with E-state index in [1.54, 1.807) is 24.3 Å². The van der Waals surface area contributed by atoms with Crippen LogP contribution in [0.15, 0.2) is 42.6 Å². The molecule has 0 bridgehead atoms. The maximum Gasteiger partial charge on any atom is 0.220 e. The molecule has 0 spiro atoms. The summed E-state index contributed by atoms with van der Waals surface area (Å²) in [6, 6.07) is 8.95. The Balaban J connectivity index is 1.81. The number of rotatable bonds is 4. The van der Waals surface area contributed by atoms with E-state index in [1.807, 2.05) is 0 Å². The van der Waals surface area contributed by atoms with Crippen LogP contribution in [-0.2, 0) is 4.79 Å². The summed E-state index contributed by atoms with van der Waals surface area (Å²) in [5.74, 6) is -1.34. The molecular formula is C20H15Cl2FN4O2. The Hall–Kier alpha value is -2.77. The summed E-state index contributed by atoms with van der Waals surface area (Å²) >= 11 is 11.9. The fourth-order valence-corrected chi connectivity index (χ4v) is 3.65. The number of nitrogens with zero attached hydrogens (tertiary/aromatic N) is 3. The summed E-state index contributed by atoms with van der Waals surface area (Å²) in [5, 5.41) is 7.67. The monoisotopic (exact) mass is 432 g/mol. The number of piperidine rings is 1. The molecule has 1 aliphatic rings. The first kappa shape index (κ1) is 19.5. The predicted octanol–water partition coefficient (Wildman–Crippen LogP) is 4.09. The quantitative estimate of drug-likeness (QED) is 0.497. The van der Waals surface area contributed by atoms with Crippen molar-refractivity contribution in [2.75, 3.05) is 6.54 Å². The van der Waals surface area contributed by atoms with Gasteiger partial charge >= 0.3 is 0 Å². The maximum atomic E-state index is 13.9. The molecule has 1 N–H and O–H groups in total. The molecule has 1 fully saturated rings. The van der Waals surface area contributed by atoms with Gasteiger partial charge in [0.15, 0.2) is 5.78 Å². The minimum absolute atomic E-state index is 0.120. The number of hydrogen-bond donors (Lipinski definition) is 1. The molecule has 1 unspecified atom stereocenters. The standard InChI is InChI=1S/C20H15Cl2FN4O2/c21-13-5-12(6-14(23)8-13)17-9-16(20(29)11-3-4-24-19(28)7-11)26-27(17)15-1-2-18(22)25-10-15/h1-2,5-6,8-11H,3-4,7H2,(H,24,28). The number of ketones is 1. The van der Waals surface area contributed by atoms with Crippen LogP contribution in [0.1, 0.15) is 23.3 Å². The largest absolute Gasteiger partial charge is 0.356 e. The van der Waals surface area contributed by atoms with Crippen molar-refractivity contribution in [3.05, 3.63) is 64.3 Å². The first-order chi connectivity index (χ1) is 13.9. The van der Waals surface area contributed by atoms with Gasteiger partial charge in [-0.1, -0.05) is 23.2 Å². The Bertz CT molecular complexity index is 1080. The number of hydrogen-bond acceptors (Lipinski definition) is 4. The Morgan fingerprint density at radius 3 is 2.72 bits per heavy atom. The summed E-state index contributed by atoms with van der Waals surface area (Å²) < 4.78 is 15.4. The van der Waals surface area contributed by atoms with Crippen LogP contribution in [0, 0.1) is 11.7 Å². The first-order valence-corrected chi connectivity index (χ1v) is 9.65. The van der Waals surface area contributed by atoms with E-state index in [-0.39, 0.29) is 28.8 Å². The average Bonchev–Trinajstić information content (AvgIpc) is 3.12. The molecule has 2 aromatic heterocycles. The third-order valence-electron chi connectivity index (χ3n) is 4.69. The highest BCUT2D eigenvalue weighted by atomic mass is 35.5. The Labute approximate surface area is 175 Å². The van der Waals surface area contributed by atoms with Crippen molar-refractivity contribution in [1.29, 1.82) is 0 Å². The van der Waals surface area contributed by atoms with Crippen LogP contribution in [0.3, 0.4) is 0 Å². The topological polar surface area (TPSA) is 76.9 Å². The van der Waals surface area contributed by atoms with Crippen LogP contribution >= 0.6 is 23.2 Å². The van der Waals surface area contributed by atoms with Crippen LogP contribution in [-0.4, -0.2) is 33.0 Å². The lowest BCUT2D eigenvalue weighted by Gasteiger charge is -2.19. The first-order valence-electron chi connectivity index (χ1n) is 8.90. The number of pyridine rings is 1. The molecule has 0 saturated carbocycles. The van der Waals surface area contributed by atoms with Crippen LogP contribution in [0.5, 0.6) is 0 Å². The van der Waals surface area contributed by atoms with Gasteiger partial charge in [0.25, 0.3) is 0 Å². The molecule has 4 rings (SSSR count). The van der Waals surface area contributed by atoms with Crippen molar-refractivity contribution in [1.82, 2.24) is 20.1 Å². The molecule has 1 aliphatic heterocycles. The summed E-state index contributed by atoms with van der Waals surface area (Å²) in [5.41, 5.74) is 1.66. The Kier molecular flexibility index (Phi) is 5.34. The van der Waals surface area contributed by atoms with Crippen LogP contribution < -0.4 is 5.32 Å². The minimum atomic E-state index is -0.508. The SMILES string of the molecule is O=C1CC(C(=O)c2cc(-c3cc(F)cc(Cl)c3)n(-c3ccc(Cl)nc3)n2)CCN1. The fraction of sp³-hybridized carbons (Fsp3) is 0.200. The molecule has 6 nitrogen and oxygen atoms in total. The maximum absolute atomic E-state index is 13.9. The second kappa shape index (κ2) is 7.93. The average molecular weight is 433 g/mol. The van der Waals surface area contributed by atoms with Gasteiger partial charge in [0.05, 0.1) is 17.6 Å². The molecule has 3 heterocycles. The van der Waals surface area contributed by atoms with Gasteiger partial charge in [-0.2, -0.15) is 5.10 Å². The number of halogens is 3. The summed E-state index contributed by atoms with van der Waals surface area (Å²) in [4.78, 5) is 28.7. The van der Waals surface area contributed by atoms with Crippen molar-refractivity contribution < 1.29 is 14.0 Å². The van der Waals surface area contributed by atoms with Crippen LogP contribution in [0.4, 0.5) is 4.39 Å². The van der Waals surface area contributed by atoms with E-state index in [0.29, 0.717) is 35.1 Å². The van der Waals surface area contributed by atoms with Gasteiger partial charge in [-0.05, 0) is 42.8 Å². The molecule has 0 aliphatic carbocycles. The van der Waals surface area contributed by atoms with Crippen molar-refractivity contribution in [2.45, 2.75) is 12.8 Å². The zero-order chi connectivity index (χ0) is 20.5. The zero-order valence-corrected chi connectivity index (χ0v) is 16.5. The van der Waals surface area contributed by atoms with E-state index < -0.39 is 11.7 Å².